The average molecular weight is 278 g/mol. The van der Waals surface area contributed by atoms with E-state index in [1.807, 2.05) is 0 Å². The second-order valence-electron chi connectivity index (χ2n) is 5.96. The summed E-state index contributed by atoms with van der Waals surface area (Å²) in [4.78, 5) is 2.54. The molecule has 0 bridgehead atoms. The maximum absolute atomic E-state index is 2.83. The van der Waals surface area contributed by atoms with Crippen molar-refractivity contribution in [2.24, 2.45) is 5.92 Å². The molecule has 0 aliphatic carbocycles. The molecule has 1 saturated heterocycles. The summed E-state index contributed by atoms with van der Waals surface area (Å²) in [6, 6.07) is 11.5. The quantitative estimate of drug-likeness (QED) is 0.764. The molecule has 19 heavy (non-hydrogen) atoms. The Bertz CT molecular complexity index is 360. The lowest BCUT2D eigenvalue weighted by atomic mass is 9.96. The van der Waals surface area contributed by atoms with Crippen LogP contribution >= 0.6 is 9.39 Å². The molecule has 0 aromatic heterocycles. The van der Waals surface area contributed by atoms with Gasteiger partial charge in [-0.25, -0.2) is 0 Å². The van der Waals surface area contributed by atoms with Crippen molar-refractivity contribution in [1.29, 1.82) is 0 Å². The fourth-order valence-electron chi connectivity index (χ4n) is 2.83. The van der Waals surface area contributed by atoms with Crippen LogP contribution in [0.15, 0.2) is 30.3 Å². The summed E-state index contributed by atoms with van der Waals surface area (Å²) in [6.07, 6.45) is 3.83. The van der Waals surface area contributed by atoms with Gasteiger partial charge in [-0.15, -0.1) is 0 Å². The summed E-state index contributed by atoms with van der Waals surface area (Å²) in [6.45, 7) is 6.05. The molecule has 1 aliphatic heterocycles. The second kappa shape index (κ2) is 7.38. The number of benzene rings is 1. The molecule has 0 saturated carbocycles. The second-order valence-corrected chi connectivity index (χ2v) is 6.69. The molecule has 1 aromatic carbocycles. The van der Waals surface area contributed by atoms with Crippen molar-refractivity contribution in [2.75, 3.05) is 26.7 Å². The van der Waals surface area contributed by atoms with Crippen LogP contribution in [0.25, 0.3) is 0 Å². The van der Waals surface area contributed by atoms with Crippen LogP contribution in [0, 0.1) is 5.92 Å². The number of rotatable bonds is 5. The summed E-state index contributed by atoms with van der Waals surface area (Å²) in [5.74, 6) is 0.875. The van der Waals surface area contributed by atoms with Crippen LogP contribution in [0.3, 0.4) is 0 Å². The molecule has 0 N–H and O–H groups in total. The summed E-state index contributed by atoms with van der Waals surface area (Å²) in [5, 5.41) is 0. The fraction of sp³-hybridized carbons (Fsp3) is 0.625. The first-order valence-corrected chi connectivity index (χ1v) is 7.90. The highest BCUT2D eigenvalue weighted by Gasteiger charge is 2.20. The molecule has 0 amide bonds. The summed E-state index contributed by atoms with van der Waals surface area (Å²) in [5.41, 5.74) is 1.45. The third-order valence-corrected chi connectivity index (χ3v) is 4.84. The Morgan fingerprint density at radius 3 is 2.53 bits per heavy atom. The zero-order chi connectivity index (χ0) is 13.7. The van der Waals surface area contributed by atoms with Crippen LogP contribution in [0.4, 0.5) is 0 Å². The van der Waals surface area contributed by atoms with E-state index in [4.69, 9.17) is 0 Å². The largest absolute Gasteiger partial charge is 0.303 e. The predicted octanol–water partition coefficient (Wildman–Crippen LogP) is 3.05. The molecular weight excluding hydrogens is 251 g/mol. The van der Waals surface area contributed by atoms with Crippen LogP contribution < -0.4 is 0 Å². The van der Waals surface area contributed by atoms with Crippen LogP contribution in [0.2, 0.25) is 0 Å². The minimum atomic E-state index is 0.622. The van der Waals surface area contributed by atoms with Gasteiger partial charge in [-0.2, -0.15) is 0 Å². The van der Waals surface area contributed by atoms with Gasteiger partial charge in [0.1, 0.15) is 0 Å². The van der Waals surface area contributed by atoms with Crippen LogP contribution in [0.5, 0.6) is 0 Å². The lowest BCUT2D eigenvalue weighted by Gasteiger charge is -2.33. The molecule has 3 heteroatoms. The van der Waals surface area contributed by atoms with E-state index >= 15 is 0 Å². The molecule has 0 radical (unpaired) electrons. The van der Waals surface area contributed by atoms with E-state index in [-0.39, 0.29) is 0 Å². The number of nitrogens with zero attached hydrogens (tertiary/aromatic N) is 2. The van der Waals surface area contributed by atoms with Crippen LogP contribution in [-0.2, 0) is 6.42 Å². The predicted molar refractivity (Wildman–Crippen MR) is 86.2 cm³/mol. The Kier molecular flexibility index (Phi) is 5.81. The van der Waals surface area contributed by atoms with E-state index in [9.17, 15) is 0 Å². The summed E-state index contributed by atoms with van der Waals surface area (Å²) < 4.78 is 2.36. The van der Waals surface area contributed by atoms with E-state index in [1.54, 1.807) is 0 Å². The zero-order valence-corrected chi connectivity index (χ0v) is 13.4. The van der Waals surface area contributed by atoms with Gasteiger partial charge in [-0.3, -0.25) is 4.67 Å². The number of hydrogen-bond donors (Lipinski definition) is 0. The number of likely N-dealkylation sites (N-methyl/N-ethyl adjacent to an activating group) is 1. The Morgan fingerprint density at radius 2 is 1.89 bits per heavy atom. The third kappa shape index (κ3) is 4.87. The molecule has 2 atom stereocenters. The van der Waals surface area contributed by atoms with Gasteiger partial charge in [-0.1, -0.05) is 39.7 Å². The monoisotopic (exact) mass is 278 g/mol. The molecule has 106 valence electrons. The van der Waals surface area contributed by atoms with Gasteiger partial charge < -0.3 is 4.90 Å². The maximum atomic E-state index is 2.83. The minimum Gasteiger partial charge on any atom is -0.303 e. The lowest BCUT2D eigenvalue weighted by Crippen LogP contribution is -2.38. The minimum absolute atomic E-state index is 0.622. The van der Waals surface area contributed by atoms with Gasteiger partial charge in [0, 0.05) is 25.7 Å². The van der Waals surface area contributed by atoms with Gasteiger partial charge in [0.25, 0.3) is 0 Å². The summed E-state index contributed by atoms with van der Waals surface area (Å²) in [7, 11) is 5.11. The van der Waals surface area contributed by atoms with Gasteiger partial charge >= 0.3 is 0 Å². The molecule has 0 spiro atoms. The van der Waals surface area contributed by atoms with Crippen molar-refractivity contribution in [2.45, 2.75) is 32.2 Å². The SMILES string of the molecule is CC(Cc1ccccc1)N(C)CC1CCN(P)CC1. The van der Waals surface area contributed by atoms with Crippen molar-refractivity contribution in [3.63, 3.8) is 0 Å². The molecule has 1 fully saturated rings. The fourth-order valence-corrected chi connectivity index (χ4v) is 3.13. The van der Waals surface area contributed by atoms with E-state index in [0.717, 1.165) is 12.3 Å². The highest BCUT2D eigenvalue weighted by atomic mass is 31.0. The van der Waals surface area contributed by atoms with Gasteiger partial charge in [0.15, 0.2) is 0 Å². The normalized spacial score (nSPS) is 19.8. The lowest BCUT2D eigenvalue weighted by molar-refractivity contribution is 0.177. The van der Waals surface area contributed by atoms with E-state index in [0.29, 0.717) is 6.04 Å². The van der Waals surface area contributed by atoms with Crippen molar-refractivity contribution in [3.8, 4) is 0 Å². The third-order valence-electron chi connectivity index (χ3n) is 4.32. The molecular formula is C16H27N2P. The smallest absolute Gasteiger partial charge is 0.0104 e. The van der Waals surface area contributed by atoms with E-state index in [2.05, 4.69) is 63.3 Å². The standard InChI is InChI=1S/C16H27N2P/c1-14(12-15-6-4-3-5-7-15)17(2)13-16-8-10-18(19)11-9-16/h3-7,14,16H,8-13,19H2,1-2H3. The summed E-state index contributed by atoms with van der Waals surface area (Å²) >= 11 is 0. The molecule has 2 unspecified atom stereocenters. The highest BCUT2D eigenvalue weighted by molar-refractivity contribution is 7.13. The molecule has 1 heterocycles. The van der Waals surface area contributed by atoms with E-state index in [1.165, 1.54) is 38.0 Å². The van der Waals surface area contributed by atoms with Crippen molar-refractivity contribution < 1.29 is 0 Å². The molecule has 1 aliphatic rings. The van der Waals surface area contributed by atoms with E-state index < -0.39 is 0 Å². The zero-order valence-electron chi connectivity index (χ0n) is 12.3. The maximum Gasteiger partial charge on any atom is 0.0104 e. The van der Waals surface area contributed by atoms with Crippen molar-refractivity contribution >= 4 is 9.39 Å². The van der Waals surface area contributed by atoms with Crippen molar-refractivity contribution in [1.82, 2.24) is 9.57 Å². The van der Waals surface area contributed by atoms with Crippen LogP contribution in [-0.4, -0.2) is 42.3 Å². The van der Waals surface area contributed by atoms with Gasteiger partial charge in [0.05, 0.1) is 0 Å². The highest BCUT2D eigenvalue weighted by Crippen LogP contribution is 2.21. The van der Waals surface area contributed by atoms with Crippen LogP contribution in [0.1, 0.15) is 25.3 Å². The number of hydrogen-bond acceptors (Lipinski definition) is 2. The Labute approximate surface area is 120 Å². The first-order valence-electron chi connectivity index (χ1n) is 7.39. The van der Waals surface area contributed by atoms with Crippen molar-refractivity contribution in [3.05, 3.63) is 35.9 Å². The first-order chi connectivity index (χ1) is 9.15. The molecule has 1 aromatic rings. The number of piperidine rings is 1. The van der Waals surface area contributed by atoms with Gasteiger partial charge in [0.2, 0.25) is 0 Å². The Morgan fingerprint density at radius 1 is 1.26 bits per heavy atom. The molecule has 2 nitrogen and oxygen atoms in total. The Hall–Kier alpha value is -0.430. The first kappa shape index (κ1) is 15.0. The van der Waals surface area contributed by atoms with Gasteiger partial charge in [-0.05, 0) is 44.7 Å². The Balaban J connectivity index is 1.77. The average Bonchev–Trinajstić information content (AvgIpc) is 2.42. The molecule has 2 rings (SSSR count). The topological polar surface area (TPSA) is 6.48 Å².